The summed E-state index contributed by atoms with van der Waals surface area (Å²) in [4.78, 5) is 13.0. The Balaban J connectivity index is 2.47. The van der Waals surface area contributed by atoms with Gasteiger partial charge in [-0.3, -0.25) is 4.79 Å². The number of amides is 1. The topological polar surface area (TPSA) is 169 Å². The van der Waals surface area contributed by atoms with Crippen LogP contribution in [0.1, 0.15) is 162 Å². The Bertz CT molecular complexity index is 927. The molecule has 8 unspecified atom stereocenters. The molecule has 304 valence electrons. The number of aliphatic hydroxyl groups excluding tert-OH is 6. The van der Waals surface area contributed by atoms with Crippen molar-refractivity contribution < 1.29 is 44.9 Å². The Morgan fingerprint density at radius 1 is 0.673 bits per heavy atom. The first-order chi connectivity index (χ1) is 25.3. The molecule has 0 saturated carbocycles. The van der Waals surface area contributed by atoms with Gasteiger partial charge in [0.15, 0.2) is 6.29 Å². The van der Waals surface area contributed by atoms with Gasteiger partial charge < -0.3 is 45.4 Å². The summed E-state index contributed by atoms with van der Waals surface area (Å²) >= 11 is 0. The maximum absolute atomic E-state index is 13.0. The molecule has 8 atom stereocenters. The van der Waals surface area contributed by atoms with Gasteiger partial charge in [0.25, 0.3) is 0 Å². The molecule has 1 amide bonds. The van der Waals surface area contributed by atoms with Gasteiger partial charge in [-0.1, -0.05) is 147 Å². The minimum Gasteiger partial charge on any atom is -0.394 e. The highest BCUT2D eigenvalue weighted by Crippen LogP contribution is 2.22. The molecule has 1 rings (SSSR count). The van der Waals surface area contributed by atoms with E-state index in [2.05, 4.69) is 43.5 Å². The van der Waals surface area contributed by atoms with Gasteiger partial charge in [0.05, 0.1) is 25.4 Å². The van der Waals surface area contributed by atoms with Gasteiger partial charge in [0.1, 0.15) is 30.5 Å². The predicted octanol–water partition coefficient (Wildman–Crippen LogP) is 6.69. The van der Waals surface area contributed by atoms with E-state index in [0.29, 0.717) is 12.8 Å². The van der Waals surface area contributed by atoms with Gasteiger partial charge >= 0.3 is 0 Å². The van der Waals surface area contributed by atoms with E-state index in [1.54, 1.807) is 6.08 Å². The molecule has 0 aromatic rings. The molecule has 52 heavy (non-hydrogen) atoms. The van der Waals surface area contributed by atoms with Crippen molar-refractivity contribution in [2.45, 2.75) is 210 Å². The number of unbranched alkanes of at least 4 members (excludes halogenated alkanes) is 18. The van der Waals surface area contributed by atoms with Gasteiger partial charge in [-0.2, -0.15) is 0 Å². The van der Waals surface area contributed by atoms with E-state index >= 15 is 0 Å². The largest absolute Gasteiger partial charge is 0.394 e. The van der Waals surface area contributed by atoms with Crippen LogP contribution in [0.25, 0.3) is 0 Å². The first-order valence-electron chi connectivity index (χ1n) is 20.8. The quantitative estimate of drug-likeness (QED) is 0.0287. The van der Waals surface area contributed by atoms with Crippen LogP contribution in [0, 0.1) is 0 Å². The molecule has 7 N–H and O–H groups in total. The predicted molar refractivity (Wildman–Crippen MR) is 209 cm³/mol. The zero-order chi connectivity index (χ0) is 38.2. The van der Waals surface area contributed by atoms with Gasteiger partial charge in [-0.15, -0.1) is 0 Å². The maximum Gasteiger partial charge on any atom is 0.249 e. The molecule has 10 heteroatoms. The van der Waals surface area contributed by atoms with Crippen LogP contribution in [0.4, 0.5) is 0 Å². The molecule has 0 spiro atoms. The summed E-state index contributed by atoms with van der Waals surface area (Å²) in [6.07, 6.45) is 28.0. The van der Waals surface area contributed by atoms with E-state index in [-0.39, 0.29) is 6.61 Å². The number of ether oxygens (including phenoxy) is 2. The van der Waals surface area contributed by atoms with Crippen LogP contribution in [0.2, 0.25) is 0 Å². The number of carbonyl (C=O) groups is 1. The van der Waals surface area contributed by atoms with E-state index in [1.807, 2.05) is 6.08 Å². The maximum atomic E-state index is 13.0. The average molecular weight is 740 g/mol. The number of hydrogen-bond donors (Lipinski definition) is 7. The van der Waals surface area contributed by atoms with E-state index in [0.717, 1.165) is 64.2 Å². The fourth-order valence-corrected chi connectivity index (χ4v) is 6.31. The Morgan fingerprint density at radius 2 is 1.17 bits per heavy atom. The van der Waals surface area contributed by atoms with E-state index in [4.69, 9.17) is 9.47 Å². The van der Waals surface area contributed by atoms with Crippen molar-refractivity contribution in [3.63, 3.8) is 0 Å². The standard InChI is InChI=1S/C42H77NO9/c1-3-5-7-9-11-13-15-16-17-18-19-21-23-25-27-29-31-36(46)41(50)43-34(33-51-42-40(49)39(48)38(47)37(32-44)52-42)35(45)30-28-26-24-22-20-14-12-10-8-6-4-2/h11,13,16-17,28,30,34-40,42,44-49H,3-10,12,14-15,18-27,29,31-33H2,1-2H3,(H,43,50)/b13-11-,17-16-,30-28+. The van der Waals surface area contributed by atoms with Gasteiger partial charge in [-0.25, -0.2) is 0 Å². The normalized spacial score (nSPS) is 22.8. The lowest BCUT2D eigenvalue weighted by molar-refractivity contribution is -0.302. The number of nitrogens with one attached hydrogen (secondary N) is 1. The van der Waals surface area contributed by atoms with Gasteiger partial charge in [0, 0.05) is 0 Å². The van der Waals surface area contributed by atoms with E-state index in [9.17, 15) is 35.4 Å². The third kappa shape index (κ3) is 23.2. The summed E-state index contributed by atoms with van der Waals surface area (Å²) in [6.45, 7) is 3.53. The summed E-state index contributed by atoms with van der Waals surface area (Å²) < 4.78 is 11.1. The second kappa shape index (κ2) is 32.8. The summed E-state index contributed by atoms with van der Waals surface area (Å²) in [6, 6.07) is -0.982. The monoisotopic (exact) mass is 740 g/mol. The second-order valence-electron chi connectivity index (χ2n) is 14.6. The van der Waals surface area contributed by atoms with Crippen molar-refractivity contribution >= 4 is 5.91 Å². The van der Waals surface area contributed by atoms with Crippen LogP contribution in [-0.2, 0) is 14.3 Å². The first-order valence-corrected chi connectivity index (χ1v) is 20.8. The van der Waals surface area contributed by atoms with Crippen molar-refractivity contribution in [3.8, 4) is 0 Å². The summed E-state index contributed by atoms with van der Waals surface area (Å²) in [5.41, 5.74) is 0. The Morgan fingerprint density at radius 3 is 1.75 bits per heavy atom. The van der Waals surface area contributed by atoms with E-state index in [1.165, 1.54) is 70.6 Å². The molecular formula is C42H77NO9. The zero-order valence-electron chi connectivity index (χ0n) is 32.7. The average Bonchev–Trinajstić information content (AvgIpc) is 3.14. The van der Waals surface area contributed by atoms with Gasteiger partial charge in [-0.05, 0) is 51.4 Å². The molecule has 1 heterocycles. The fourth-order valence-electron chi connectivity index (χ4n) is 6.31. The van der Waals surface area contributed by atoms with Crippen LogP contribution < -0.4 is 5.32 Å². The minimum absolute atomic E-state index is 0.297. The lowest BCUT2D eigenvalue weighted by atomic mass is 9.99. The van der Waals surface area contributed by atoms with Crippen LogP contribution in [0.5, 0.6) is 0 Å². The van der Waals surface area contributed by atoms with Crippen LogP contribution >= 0.6 is 0 Å². The van der Waals surface area contributed by atoms with Crippen molar-refractivity contribution in [1.29, 1.82) is 0 Å². The van der Waals surface area contributed by atoms with Crippen molar-refractivity contribution in [3.05, 3.63) is 36.5 Å². The van der Waals surface area contributed by atoms with E-state index < -0.39 is 61.5 Å². The van der Waals surface area contributed by atoms with Crippen LogP contribution in [0.3, 0.4) is 0 Å². The smallest absolute Gasteiger partial charge is 0.249 e. The van der Waals surface area contributed by atoms with Gasteiger partial charge in [0.2, 0.25) is 5.91 Å². The Hall–Kier alpha value is -1.63. The van der Waals surface area contributed by atoms with Crippen molar-refractivity contribution in [1.82, 2.24) is 5.32 Å². The van der Waals surface area contributed by atoms with Crippen LogP contribution in [0.15, 0.2) is 36.5 Å². The fraction of sp³-hybridized carbons (Fsp3) is 0.833. The third-order valence-corrected chi connectivity index (χ3v) is 9.82. The highest BCUT2D eigenvalue weighted by Gasteiger charge is 2.44. The lowest BCUT2D eigenvalue weighted by Gasteiger charge is -2.40. The summed E-state index contributed by atoms with van der Waals surface area (Å²) in [5, 5.41) is 64.4. The molecule has 0 radical (unpaired) electrons. The highest BCUT2D eigenvalue weighted by atomic mass is 16.7. The molecule has 0 aromatic heterocycles. The molecule has 1 fully saturated rings. The number of rotatable bonds is 33. The number of aliphatic hydroxyl groups is 6. The molecular weight excluding hydrogens is 662 g/mol. The minimum atomic E-state index is -1.61. The summed E-state index contributed by atoms with van der Waals surface area (Å²) in [5.74, 6) is -0.628. The highest BCUT2D eigenvalue weighted by molar-refractivity contribution is 5.80. The first kappa shape index (κ1) is 48.4. The Labute approximate surface area is 315 Å². The third-order valence-electron chi connectivity index (χ3n) is 9.82. The summed E-state index contributed by atoms with van der Waals surface area (Å²) in [7, 11) is 0. The Kier molecular flexibility index (Phi) is 30.5. The second-order valence-corrected chi connectivity index (χ2v) is 14.6. The number of hydrogen-bond acceptors (Lipinski definition) is 9. The number of carbonyl (C=O) groups excluding carboxylic acids is 1. The van der Waals surface area contributed by atoms with Crippen molar-refractivity contribution in [2.24, 2.45) is 0 Å². The van der Waals surface area contributed by atoms with Crippen LogP contribution in [-0.4, -0.2) is 98.7 Å². The molecule has 1 aliphatic rings. The molecule has 0 aromatic carbocycles. The molecule has 10 nitrogen and oxygen atoms in total. The molecule has 0 aliphatic carbocycles. The molecule has 1 aliphatic heterocycles. The molecule has 1 saturated heterocycles. The molecule has 0 bridgehead atoms. The van der Waals surface area contributed by atoms with Crippen molar-refractivity contribution in [2.75, 3.05) is 13.2 Å². The zero-order valence-corrected chi connectivity index (χ0v) is 32.7. The number of allylic oxidation sites excluding steroid dienone is 5. The lowest BCUT2D eigenvalue weighted by Crippen LogP contribution is -2.60. The SMILES string of the molecule is CCCCC/C=C\C/C=C\CCCCCCCCC(O)C(=O)NC(COC1OC(CO)C(O)C(O)C1O)C(O)/C=C/CCCCCCCCCCC.